The molecule has 0 saturated carbocycles. The van der Waals surface area contributed by atoms with Gasteiger partial charge in [-0.1, -0.05) is 107 Å². The molecule has 0 amide bonds. The SMILES string of the molecule is CCOP(=O)(Oc1c(C)cc(C(C)(C)C)cc1C(C)(C)C)Oc1c(C)cc(C(C)(C)C)cc1C(C)(C)C. The van der Waals surface area contributed by atoms with Crippen LogP contribution >= 0.6 is 7.82 Å². The standard InChI is InChI=1S/C32H51O4P/c1-16-34-37(33,35-27-21(2)17-23(29(4,5)6)19-25(27)31(10,11)12)36-28-22(3)18-24(30(7,8)9)20-26(28)32(13,14)15/h17-20H,16H2,1-15H3. The van der Waals surface area contributed by atoms with E-state index in [9.17, 15) is 4.57 Å². The lowest BCUT2D eigenvalue weighted by atomic mass is 9.79. The fourth-order valence-corrected chi connectivity index (χ4v) is 5.61. The number of benzene rings is 2. The van der Waals surface area contributed by atoms with Crippen LogP contribution in [0.1, 0.15) is 123 Å². The van der Waals surface area contributed by atoms with Crippen LogP contribution in [0, 0.1) is 13.8 Å². The number of aryl methyl sites for hydroxylation is 2. The van der Waals surface area contributed by atoms with Gasteiger partial charge in [-0.2, -0.15) is 0 Å². The third-order valence-electron chi connectivity index (χ3n) is 6.59. The molecular weight excluding hydrogens is 479 g/mol. The zero-order valence-corrected chi connectivity index (χ0v) is 27.0. The quantitative estimate of drug-likeness (QED) is 0.349. The predicted molar refractivity (Wildman–Crippen MR) is 158 cm³/mol. The van der Waals surface area contributed by atoms with Crippen LogP contribution in [0.5, 0.6) is 11.5 Å². The van der Waals surface area contributed by atoms with E-state index in [-0.39, 0.29) is 28.3 Å². The number of phosphoric ester groups is 1. The lowest BCUT2D eigenvalue weighted by Gasteiger charge is -2.32. The summed E-state index contributed by atoms with van der Waals surface area (Å²) in [6, 6.07) is 8.57. The predicted octanol–water partition coefficient (Wildman–Crippen LogP) is 10.1. The second-order valence-electron chi connectivity index (χ2n) is 14.4. The molecule has 0 bridgehead atoms. The van der Waals surface area contributed by atoms with E-state index in [1.54, 1.807) is 6.92 Å². The van der Waals surface area contributed by atoms with Gasteiger partial charge in [0.05, 0.1) is 6.61 Å². The summed E-state index contributed by atoms with van der Waals surface area (Å²) < 4.78 is 32.8. The fraction of sp³-hybridized carbons (Fsp3) is 0.625. The van der Waals surface area contributed by atoms with E-state index >= 15 is 0 Å². The van der Waals surface area contributed by atoms with Crippen LogP contribution in [0.15, 0.2) is 24.3 Å². The monoisotopic (exact) mass is 530 g/mol. The molecule has 0 aromatic heterocycles. The summed E-state index contributed by atoms with van der Waals surface area (Å²) in [7, 11) is -4.02. The maximum atomic E-state index is 14.3. The number of hydrogen-bond acceptors (Lipinski definition) is 4. The van der Waals surface area contributed by atoms with Crippen LogP contribution in [-0.4, -0.2) is 6.61 Å². The molecule has 0 spiro atoms. The molecular formula is C32H51O4P. The molecule has 0 N–H and O–H groups in total. The van der Waals surface area contributed by atoms with Crippen LogP contribution in [0.2, 0.25) is 0 Å². The first kappa shape index (κ1) is 31.4. The molecule has 0 heterocycles. The summed E-state index contributed by atoms with van der Waals surface area (Å²) in [5, 5.41) is 0. The Morgan fingerprint density at radius 2 is 0.919 bits per heavy atom. The Hall–Kier alpha value is -1.77. The van der Waals surface area contributed by atoms with Crippen molar-refractivity contribution in [3.05, 3.63) is 57.6 Å². The molecule has 0 fully saturated rings. The van der Waals surface area contributed by atoms with Gasteiger partial charge in [-0.25, -0.2) is 4.57 Å². The molecule has 0 aliphatic carbocycles. The molecule has 37 heavy (non-hydrogen) atoms. The lowest BCUT2D eigenvalue weighted by Crippen LogP contribution is -2.20. The van der Waals surface area contributed by atoms with E-state index in [0.29, 0.717) is 11.5 Å². The summed E-state index contributed by atoms with van der Waals surface area (Å²) in [5.74, 6) is 1.14. The van der Waals surface area contributed by atoms with Gasteiger partial charge >= 0.3 is 7.82 Å². The van der Waals surface area contributed by atoms with Crippen molar-refractivity contribution in [3.8, 4) is 11.5 Å². The molecule has 0 aliphatic heterocycles. The van der Waals surface area contributed by atoms with Gasteiger partial charge in [0.15, 0.2) is 0 Å². The van der Waals surface area contributed by atoms with Crippen molar-refractivity contribution in [3.63, 3.8) is 0 Å². The van der Waals surface area contributed by atoms with Crippen LogP contribution < -0.4 is 9.05 Å². The van der Waals surface area contributed by atoms with E-state index in [1.165, 1.54) is 11.1 Å². The van der Waals surface area contributed by atoms with E-state index < -0.39 is 7.82 Å². The zero-order valence-electron chi connectivity index (χ0n) is 26.1. The lowest BCUT2D eigenvalue weighted by molar-refractivity contribution is 0.216. The molecule has 2 aromatic rings. The largest absolute Gasteiger partial charge is 0.587 e. The van der Waals surface area contributed by atoms with E-state index in [4.69, 9.17) is 13.6 Å². The number of hydrogen-bond donors (Lipinski definition) is 0. The van der Waals surface area contributed by atoms with Crippen molar-refractivity contribution >= 4 is 7.82 Å². The Kier molecular flexibility index (Phi) is 8.86. The second kappa shape index (κ2) is 10.4. The van der Waals surface area contributed by atoms with Gasteiger partial charge in [0.2, 0.25) is 0 Å². The van der Waals surface area contributed by atoms with E-state index in [1.807, 2.05) is 13.8 Å². The first-order valence-corrected chi connectivity index (χ1v) is 14.9. The fourth-order valence-electron chi connectivity index (χ4n) is 4.22. The van der Waals surface area contributed by atoms with Gasteiger partial charge in [-0.3, -0.25) is 4.52 Å². The summed E-state index contributed by atoms with van der Waals surface area (Å²) in [5.41, 5.74) is 5.67. The molecule has 5 heteroatoms. The van der Waals surface area contributed by atoms with Gasteiger partial charge in [-0.05, 0) is 64.7 Å². The van der Waals surface area contributed by atoms with Crippen LogP contribution in [0.3, 0.4) is 0 Å². The summed E-state index contributed by atoms with van der Waals surface area (Å²) >= 11 is 0. The van der Waals surface area contributed by atoms with Crippen molar-refractivity contribution in [2.45, 2.75) is 126 Å². The summed E-state index contributed by atoms with van der Waals surface area (Å²) in [4.78, 5) is 0. The number of phosphoric acid groups is 1. The Bertz CT molecular complexity index is 1080. The minimum Gasteiger partial charge on any atom is -0.394 e. The minimum atomic E-state index is -4.02. The Morgan fingerprint density at radius 1 is 0.595 bits per heavy atom. The third-order valence-corrected chi connectivity index (χ3v) is 7.98. The second-order valence-corrected chi connectivity index (χ2v) is 15.9. The molecule has 0 atom stereocenters. The molecule has 208 valence electrons. The molecule has 2 aromatic carbocycles. The molecule has 0 saturated heterocycles. The first-order valence-electron chi connectivity index (χ1n) is 13.4. The highest BCUT2D eigenvalue weighted by Gasteiger charge is 2.37. The smallest absolute Gasteiger partial charge is 0.394 e. The van der Waals surface area contributed by atoms with Gasteiger partial charge in [0, 0.05) is 11.1 Å². The van der Waals surface area contributed by atoms with Gasteiger partial charge in [0.25, 0.3) is 0 Å². The van der Waals surface area contributed by atoms with Crippen LogP contribution in [-0.2, 0) is 30.7 Å². The maximum Gasteiger partial charge on any atom is 0.587 e. The van der Waals surface area contributed by atoms with Crippen molar-refractivity contribution in [1.29, 1.82) is 0 Å². The van der Waals surface area contributed by atoms with Gasteiger partial charge < -0.3 is 9.05 Å². The van der Waals surface area contributed by atoms with Crippen molar-refractivity contribution in [2.24, 2.45) is 0 Å². The Morgan fingerprint density at radius 3 is 1.16 bits per heavy atom. The summed E-state index contributed by atoms with van der Waals surface area (Å²) in [6.07, 6.45) is 0. The van der Waals surface area contributed by atoms with Crippen molar-refractivity contribution in [2.75, 3.05) is 6.61 Å². The number of rotatable bonds is 6. The van der Waals surface area contributed by atoms with Gasteiger partial charge in [0.1, 0.15) is 11.5 Å². The first-order chi connectivity index (χ1) is 16.5. The highest BCUT2D eigenvalue weighted by Crippen LogP contribution is 2.55. The molecule has 0 unspecified atom stereocenters. The normalized spacial score (nSPS) is 13.6. The maximum absolute atomic E-state index is 14.3. The van der Waals surface area contributed by atoms with Gasteiger partial charge in [-0.15, -0.1) is 0 Å². The molecule has 0 radical (unpaired) electrons. The Balaban J connectivity index is 2.73. The van der Waals surface area contributed by atoms with Crippen LogP contribution in [0.4, 0.5) is 0 Å². The highest BCUT2D eigenvalue weighted by atomic mass is 31.2. The van der Waals surface area contributed by atoms with E-state index in [0.717, 1.165) is 22.3 Å². The average Bonchev–Trinajstić information content (AvgIpc) is 2.67. The van der Waals surface area contributed by atoms with Crippen LogP contribution in [0.25, 0.3) is 0 Å². The molecule has 2 rings (SSSR count). The van der Waals surface area contributed by atoms with Crippen molar-refractivity contribution < 1.29 is 18.1 Å². The average molecular weight is 531 g/mol. The third kappa shape index (κ3) is 7.64. The zero-order chi connectivity index (χ0) is 28.8. The molecule has 4 nitrogen and oxygen atoms in total. The molecule has 0 aliphatic rings. The highest BCUT2D eigenvalue weighted by molar-refractivity contribution is 7.49. The van der Waals surface area contributed by atoms with Crippen molar-refractivity contribution in [1.82, 2.24) is 0 Å². The minimum absolute atomic E-state index is 0.0308. The van der Waals surface area contributed by atoms with E-state index in [2.05, 4.69) is 107 Å². The topological polar surface area (TPSA) is 44.8 Å². The summed E-state index contributed by atoms with van der Waals surface area (Å²) in [6.45, 7) is 32.0. The Labute approximate surface area is 227 Å².